The topological polar surface area (TPSA) is 75.5 Å². The summed E-state index contributed by atoms with van der Waals surface area (Å²) in [7, 11) is -2.98. The zero-order valence-electron chi connectivity index (χ0n) is 20.3. The van der Waals surface area contributed by atoms with Crippen LogP contribution in [0.25, 0.3) is 0 Å². The van der Waals surface area contributed by atoms with Crippen LogP contribution in [-0.2, 0) is 14.6 Å². The minimum Gasteiger partial charge on any atom is -0.365 e. The fourth-order valence-electron chi connectivity index (χ4n) is 5.54. The number of sulfone groups is 1. The molecule has 0 aliphatic carbocycles. The second kappa shape index (κ2) is 9.49. The molecular formula is C27H32N4O3S. The standard InChI is InChI=1S/C27H32N4O3S/c1-20-26(21(2)31(28-20)24-13-18-35(33,34)19-24)29-14-16-30(17-15-29)27(32)25(22-9-5-3-6-10-22)23-11-7-4-8-12-23/h3-12,24-25H,13-19H2,1-2H3. The number of carbonyl (C=O) groups excluding carboxylic acids is 1. The fourth-order valence-corrected chi connectivity index (χ4v) is 7.23. The van der Waals surface area contributed by atoms with Crippen molar-refractivity contribution in [2.24, 2.45) is 0 Å². The molecule has 0 N–H and O–H groups in total. The lowest BCUT2D eigenvalue weighted by Gasteiger charge is -2.38. The van der Waals surface area contributed by atoms with Crippen LogP contribution < -0.4 is 4.90 Å². The Hall–Kier alpha value is -3.13. The first-order valence-electron chi connectivity index (χ1n) is 12.2. The summed E-state index contributed by atoms with van der Waals surface area (Å²) in [6.45, 7) is 6.73. The zero-order chi connectivity index (χ0) is 24.6. The number of hydrogen-bond acceptors (Lipinski definition) is 5. The van der Waals surface area contributed by atoms with Crippen LogP contribution in [0.3, 0.4) is 0 Å². The number of hydrogen-bond donors (Lipinski definition) is 0. The Labute approximate surface area is 207 Å². The number of nitrogens with zero attached hydrogens (tertiary/aromatic N) is 4. The third kappa shape index (κ3) is 4.72. The maximum atomic E-state index is 13.7. The fraction of sp³-hybridized carbons (Fsp3) is 0.407. The summed E-state index contributed by atoms with van der Waals surface area (Å²) < 4.78 is 25.9. The van der Waals surface area contributed by atoms with Crippen LogP contribution in [-0.4, -0.2) is 66.7 Å². The van der Waals surface area contributed by atoms with Crippen LogP contribution in [0.2, 0.25) is 0 Å². The molecule has 2 saturated heterocycles. The van der Waals surface area contributed by atoms with E-state index >= 15 is 0 Å². The van der Waals surface area contributed by atoms with Crippen LogP contribution in [0, 0.1) is 13.8 Å². The van der Waals surface area contributed by atoms with Gasteiger partial charge in [-0.15, -0.1) is 0 Å². The van der Waals surface area contributed by atoms with E-state index in [1.807, 2.05) is 84.1 Å². The first kappa shape index (κ1) is 23.6. The van der Waals surface area contributed by atoms with Crippen molar-refractivity contribution in [3.05, 3.63) is 83.2 Å². The van der Waals surface area contributed by atoms with Crippen molar-refractivity contribution in [2.45, 2.75) is 32.2 Å². The predicted molar refractivity (Wildman–Crippen MR) is 138 cm³/mol. The molecule has 7 nitrogen and oxygen atoms in total. The summed E-state index contributed by atoms with van der Waals surface area (Å²) in [6, 6.07) is 19.9. The number of amides is 1. The summed E-state index contributed by atoms with van der Waals surface area (Å²) in [5.74, 6) is 0.203. The number of aryl methyl sites for hydroxylation is 1. The van der Waals surface area contributed by atoms with E-state index in [0.29, 0.717) is 19.5 Å². The van der Waals surface area contributed by atoms with Gasteiger partial charge in [-0.25, -0.2) is 8.42 Å². The summed E-state index contributed by atoms with van der Waals surface area (Å²) in [6.07, 6.45) is 0.617. The van der Waals surface area contributed by atoms with Gasteiger partial charge >= 0.3 is 0 Å². The van der Waals surface area contributed by atoms with E-state index in [9.17, 15) is 13.2 Å². The van der Waals surface area contributed by atoms with Crippen molar-refractivity contribution < 1.29 is 13.2 Å². The number of benzene rings is 2. The largest absolute Gasteiger partial charge is 0.365 e. The Bertz CT molecular complexity index is 1260. The zero-order valence-corrected chi connectivity index (χ0v) is 21.1. The van der Waals surface area contributed by atoms with Gasteiger partial charge in [0.1, 0.15) is 0 Å². The molecule has 5 rings (SSSR count). The summed E-state index contributed by atoms with van der Waals surface area (Å²) in [5, 5.41) is 4.72. The number of anilines is 1. The number of piperazine rings is 1. The molecule has 0 saturated carbocycles. The molecule has 8 heteroatoms. The molecule has 1 atom stereocenters. The monoisotopic (exact) mass is 492 g/mol. The molecule has 2 aromatic carbocycles. The third-order valence-corrected chi connectivity index (χ3v) is 9.01. The molecule has 2 aliphatic rings. The van der Waals surface area contributed by atoms with Gasteiger partial charge in [-0.3, -0.25) is 9.48 Å². The Morgan fingerprint density at radius 2 is 1.49 bits per heavy atom. The van der Waals surface area contributed by atoms with E-state index in [2.05, 4.69) is 4.90 Å². The van der Waals surface area contributed by atoms with E-state index in [-0.39, 0.29) is 29.4 Å². The van der Waals surface area contributed by atoms with Crippen molar-refractivity contribution >= 4 is 21.4 Å². The van der Waals surface area contributed by atoms with Crippen LogP contribution in [0.4, 0.5) is 5.69 Å². The van der Waals surface area contributed by atoms with Crippen LogP contribution in [0.5, 0.6) is 0 Å². The molecule has 1 unspecified atom stereocenters. The van der Waals surface area contributed by atoms with E-state index in [0.717, 1.165) is 41.3 Å². The van der Waals surface area contributed by atoms with Gasteiger partial charge in [0.15, 0.2) is 9.84 Å². The van der Waals surface area contributed by atoms with Gasteiger partial charge in [0.05, 0.1) is 40.5 Å². The normalized spacial score (nSPS) is 19.9. The van der Waals surface area contributed by atoms with Crippen LogP contribution >= 0.6 is 0 Å². The highest BCUT2D eigenvalue weighted by molar-refractivity contribution is 7.91. The molecule has 2 fully saturated rings. The van der Waals surface area contributed by atoms with Gasteiger partial charge in [0.2, 0.25) is 5.91 Å². The maximum Gasteiger partial charge on any atom is 0.234 e. The lowest BCUT2D eigenvalue weighted by Crippen LogP contribution is -2.50. The predicted octanol–water partition coefficient (Wildman–Crippen LogP) is 3.34. The van der Waals surface area contributed by atoms with E-state index in [1.165, 1.54) is 0 Å². The van der Waals surface area contributed by atoms with Crippen molar-refractivity contribution in [1.82, 2.24) is 14.7 Å². The second-order valence-electron chi connectivity index (χ2n) is 9.59. The highest BCUT2D eigenvalue weighted by atomic mass is 32.2. The molecule has 1 aromatic heterocycles. The van der Waals surface area contributed by atoms with Crippen molar-refractivity contribution in [3.63, 3.8) is 0 Å². The van der Waals surface area contributed by atoms with E-state index < -0.39 is 9.84 Å². The Morgan fingerprint density at radius 3 is 2.00 bits per heavy atom. The lowest BCUT2D eigenvalue weighted by atomic mass is 9.90. The van der Waals surface area contributed by atoms with Crippen molar-refractivity contribution in [3.8, 4) is 0 Å². The van der Waals surface area contributed by atoms with Crippen molar-refractivity contribution in [2.75, 3.05) is 42.6 Å². The smallest absolute Gasteiger partial charge is 0.234 e. The highest BCUT2D eigenvalue weighted by Crippen LogP contribution is 2.33. The molecular weight excluding hydrogens is 460 g/mol. The highest BCUT2D eigenvalue weighted by Gasteiger charge is 2.34. The summed E-state index contributed by atoms with van der Waals surface area (Å²) >= 11 is 0. The molecule has 35 heavy (non-hydrogen) atoms. The first-order chi connectivity index (χ1) is 16.8. The average molecular weight is 493 g/mol. The van der Waals surface area contributed by atoms with Crippen LogP contribution in [0.15, 0.2) is 60.7 Å². The third-order valence-electron chi connectivity index (χ3n) is 7.26. The quantitative estimate of drug-likeness (QED) is 0.546. The minimum atomic E-state index is -2.98. The number of aromatic nitrogens is 2. The summed E-state index contributed by atoms with van der Waals surface area (Å²) in [5.41, 5.74) is 5.01. The SMILES string of the molecule is Cc1nn(C2CCS(=O)(=O)C2)c(C)c1N1CCN(C(=O)C(c2ccccc2)c2ccccc2)CC1. The number of rotatable bonds is 5. The minimum absolute atomic E-state index is 0.0900. The van der Waals surface area contributed by atoms with Gasteiger partial charge in [-0.1, -0.05) is 60.7 Å². The Balaban J connectivity index is 1.33. The lowest BCUT2D eigenvalue weighted by molar-refractivity contribution is -0.132. The van der Waals surface area contributed by atoms with Crippen molar-refractivity contribution in [1.29, 1.82) is 0 Å². The maximum absolute atomic E-state index is 13.7. The number of carbonyl (C=O) groups is 1. The average Bonchev–Trinajstić information content (AvgIpc) is 3.38. The van der Waals surface area contributed by atoms with Gasteiger partial charge < -0.3 is 9.80 Å². The van der Waals surface area contributed by atoms with E-state index in [1.54, 1.807) is 0 Å². The first-order valence-corrected chi connectivity index (χ1v) is 14.1. The molecule has 3 aromatic rings. The molecule has 184 valence electrons. The van der Waals surface area contributed by atoms with E-state index in [4.69, 9.17) is 5.10 Å². The molecule has 1 amide bonds. The van der Waals surface area contributed by atoms with Gasteiger partial charge in [0, 0.05) is 26.2 Å². The second-order valence-corrected chi connectivity index (χ2v) is 11.8. The Kier molecular flexibility index (Phi) is 6.40. The van der Waals surface area contributed by atoms with Gasteiger partial charge in [-0.05, 0) is 31.4 Å². The molecule has 0 spiro atoms. The Morgan fingerprint density at radius 1 is 0.914 bits per heavy atom. The van der Waals surface area contributed by atoms with Crippen LogP contribution in [0.1, 0.15) is 40.9 Å². The van der Waals surface area contributed by atoms with Gasteiger partial charge in [0.25, 0.3) is 0 Å². The molecule has 0 bridgehead atoms. The molecule has 2 aliphatic heterocycles. The summed E-state index contributed by atoms with van der Waals surface area (Å²) in [4.78, 5) is 18.0. The molecule has 3 heterocycles. The molecule has 0 radical (unpaired) electrons. The van der Waals surface area contributed by atoms with Gasteiger partial charge in [-0.2, -0.15) is 5.10 Å².